The van der Waals surface area contributed by atoms with Crippen LogP contribution < -0.4 is 5.56 Å². The number of hydrogen-bond acceptors (Lipinski definition) is 4. The molecule has 2 atom stereocenters. The van der Waals surface area contributed by atoms with Crippen LogP contribution in [0.4, 0.5) is 0 Å². The maximum Gasteiger partial charge on any atom is 0.258 e. The Morgan fingerprint density at radius 2 is 2.17 bits per heavy atom. The number of aromatic nitrogens is 2. The van der Waals surface area contributed by atoms with Gasteiger partial charge in [-0.25, -0.2) is 4.98 Å². The van der Waals surface area contributed by atoms with E-state index < -0.39 is 0 Å². The molecule has 1 N–H and O–H groups in total. The van der Waals surface area contributed by atoms with Crippen molar-refractivity contribution in [2.24, 2.45) is 5.41 Å². The molecule has 2 aromatic heterocycles. The zero-order valence-corrected chi connectivity index (χ0v) is 14.2. The summed E-state index contributed by atoms with van der Waals surface area (Å²) < 4.78 is 1.59. The van der Waals surface area contributed by atoms with Gasteiger partial charge in [0.15, 0.2) is 0 Å². The summed E-state index contributed by atoms with van der Waals surface area (Å²) in [5.41, 5.74) is 2.69. The van der Waals surface area contributed by atoms with Crippen molar-refractivity contribution in [1.82, 2.24) is 14.3 Å². The van der Waals surface area contributed by atoms with E-state index in [1.165, 1.54) is 0 Å². The second-order valence-corrected chi connectivity index (χ2v) is 7.60. The van der Waals surface area contributed by atoms with Crippen LogP contribution in [0.1, 0.15) is 43.4 Å². The lowest BCUT2D eigenvalue weighted by Gasteiger charge is -2.42. The lowest BCUT2D eigenvalue weighted by atomic mass is 9.76. The number of rotatable bonds is 2. The highest BCUT2D eigenvalue weighted by atomic mass is 16.3. The topological polar surface area (TPSA) is 57.8 Å². The van der Waals surface area contributed by atoms with Crippen LogP contribution in [0.2, 0.25) is 0 Å². The molecule has 128 valence electrons. The molecule has 0 bridgehead atoms. The minimum atomic E-state index is -0.168. The smallest absolute Gasteiger partial charge is 0.258 e. The first-order valence-corrected chi connectivity index (χ1v) is 8.95. The standard InChI is InChI=1S/C19H25N3O2/c1-14-5-9-22-17(10-14)20-15(11-18(22)24)12-21-8-3-7-19(13-21)6-2-4-16(19)23/h5,9-11,16,23H,2-4,6-8,12-13H2,1H3/t16-,19-/m1/s1. The molecule has 2 aliphatic rings. The Bertz CT molecular complexity index is 816. The molecule has 0 radical (unpaired) electrons. The van der Waals surface area contributed by atoms with Gasteiger partial charge in [0, 0.05) is 30.8 Å². The summed E-state index contributed by atoms with van der Waals surface area (Å²) in [5, 5.41) is 10.4. The van der Waals surface area contributed by atoms with Crippen LogP contribution in [0.5, 0.6) is 0 Å². The Kier molecular flexibility index (Phi) is 3.93. The van der Waals surface area contributed by atoms with Crippen LogP contribution >= 0.6 is 0 Å². The molecule has 0 aromatic carbocycles. The van der Waals surface area contributed by atoms with E-state index in [1.54, 1.807) is 16.7 Å². The molecule has 5 nitrogen and oxygen atoms in total. The molecule has 5 heteroatoms. The van der Waals surface area contributed by atoms with E-state index in [0.717, 1.165) is 56.5 Å². The van der Waals surface area contributed by atoms with Crippen LogP contribution in [0.15, 0.2) is 29.2 Å². The van der Waals surface area contributed by atoms with Gasteiger partial charge in [-0.3, -0.25) is 14.1 Å². The number of fused-ring (bicyclic) bond motifs is 1. The van der Waals surface area contributed by atoms with Crippen LogP contribution in [0.25, 0.3) is 5.65 Å². The molecule has 1 aliphatic heterocycles. The molecule has 3 heterocycles. The third-order valence-corrected chi connectivity index (χ3v) is 5.81. The van der Waals surface area contributed by atoms with E-state index in [9.17, 15) is 9.90 Å². The van der Waals surface area contributed by atoms with E-state index in [0.29, 0.717) is 12.2 Å². The van der Waals surface area contributed by atoms with Crippen LogP contribution in [0.3, 0.4) is 0 Å². The number of aliphatic hydroxyl groups excluding tert-OH is 1. The molecule has 1 saturated carbocycles. The van der Waals surface area contributed by atoms with Gasteiger partial charge in [-0.2, -0.15) is 0 Å². The summed E-state index contributed by atoms with van der Waals surface area (Å²) in [6.45, 7) is 4.63. The van der Waals surface area contributed by atoms with Crippen LogP contribution in [-0.2, 0) is 6.54 Å². The number of likely N-dealkylation sites (tertiary alicyclic amines) is 1. The predicted octanol–water partition coefficient (Wildman–Crippen LogP) is 2.13. The Morgan fingerprint density at radius 3 is 2.96 bits per heavy atom. The molecular weight excluding hydrogens is 302 g/mol. The van der Waals surface area contributed by atoms with Gasteiger partial charge in [0.2, 0.25) is 0 Å². The van der Waals surface area contributed by atoms with Gasteiger partial charge in [-0.05, 0) is 56.8 Å². The lowest BCUT2D eigenvalue weighted by molar-refractivity contribution is -0.0123. The number of hydrogen-bond donors (Lipinski definition) is 1. The van der Waals surface area contributed by atoms with Crippen molar-refractivity contribution in [3.8, 4) is 0 Å². The van der Waals surface area contributed by atoms with E-state index in [2.05, 4.69) is 9.88 Å². The van der Waals surface area contributed by atoms with Crippen molar-refractivity contribution >= 4 is 5.65 Å². The molecular formula is C19H25N3O2. The van der Waals surface area contributed by atoms with E-state index in [4.69, 9.17) is 0 Å². The monoisotopic (exact) mass is 327 g/mol. The molecule has 2 aromatic rings. The van der Waals surface area contributed by atoms with Crippen molar-refractivity contribution in [1.29, 1.82) is 0 Å². The number of nitrogens with zero attached hydrogens (tertiary/aromatic N) is 3. The van der Waals surface area contributed by atoms with Gasteiger partial charge in [-0.1, -0.05) is 6.42 Å². The fraction of sp³-hybridized carbons (Fsp3) is 0.579. The first-order chi connectivity index (χ1) is 11.6. The van der Waals surface area contributed by atoms with Crippen LogP contribution in [-0.4, -0.2) is 38.6 Å². The van der Waals surface area contributed by atoms with Crippen molar-refractivity contribution in [2.75, 3.05) is 13.1 Å². The average Bonchev–Trinajstić information content (AvgIpc) is 2.87. The number of aliphatic hydroxyl groups is 1. The Hall–Kier alpha value is -1.72. The van der Waals surface area contributed by atoms with Gasteiger partial charge < -0.3 is 5.11 Å². The van der Waals surface area contributed by atoms with Crippen molar-refractivity contribution < 1.29 is 5.11 Å². The van der Waals surface area contributed by atoms with E-state index in [1.807, 2.05) is 19.1 Å². The third-order valence-electron chi connectivity index (χ3n) is 5.81. The second kappa shape index (κ2) is 5.97. The molecule has 1 saturated heterocycles. The zero-order chi connectivity index (χ0) is 16.7. The highest BCUT2D eigenvalue weighted by molar-refractivity contribution is 5.41. The Balaban J connectivity index is 1.59. The maximum atomic E-state index is 12.3. The Labute approximate surface area is 141 Å². The van der Waals surface area contributed by atoms with Crippen molar-refractivity contribution in [3.05, 3.63) is 46.0 Å². The third kappa shape index (κ3) is 2.76. The normalized spacial score (nSPS) is 28.0. The summed E-state index contributed by atoms with van der Waals surface area (Å²) >= 11 is 0. The summed E-state index contributed by atoms with van der Waals surface area (Å²) in [5.74, 6) is 0. The number of aryl methyl sites for hydroxylation is 1. The predicted molar refractivity (Wildman–Crippen MR) is 93.0 cm³/mol. The Morgan fingerprint density at radius 1 is 1.33 bits per heavy atom. The maximum absolute atomic E-state index is 12.3. The summed E-state index contributed by atoms with van der Waals surface area (Å²) in [6, 6.07) is 5.52. The molecule has 1 aliphatic carbocycles. The molecule has 24 heavy (non-hydrogen) atoms. The SMILES string of the molecule is Cc1ccn2c(=O)cc(CN3CCC[C@]4(CCC[C@H]4O)C3)nc2c1. The van der Waals surface area contributed by atoms with Gasteiger partial charge >= 0.3 is 0 Å². The minimum Gasteiger partial charge on any atom is -0.393 e. The van der Waals surface area contributed by atoms with Gasteiger partial charge in [0.25, 0.3) is 5.56 Å². The summed E-state index contributed by atoms with van der Waals surface area (Å²) in [7, 11) is 0. The fourth-order valence-corrected chi connectivity index (χ4v) is 4.55. The van der Waals surface area contributed by atoms with Gasteiger partial charge in [0.1, 0.15) is 5.65 Å². The highest BCUT2D eigenvalue weighted by Crippen LogP contribution is 2.45. The molecule has 0 amide bonds. The average molecular weight is 327 g/mol. The molecule has 2 fully saturated rings. The first kappa shape index (κ1) is 15.8. The van der Waals surface area contributed by atoms with E-state index >= 15 is 0 Å². The first-order valence-electron chi connectivity index (χ1n) is 8.95. The highest BCUT2D eigenvalue weighted by Gasteiger charge is 2.44. The fourth-order valence-electron chi connectivity index (χ4n) is 4.55. The van der Waals surface area contributed by atoms with Crippen molar-refractivity contribution in [2.45, 2.75) is 51.7 Å². The summed E-state index contributed by atoms with van der Waals surface area (Å²) in [6.07, 6.45) is 7.04. The molecule has 0 unspecified atom stereocenters. The minimum absolute atomic E-state index is 0.0253. The van der Waals surface area contributed by atoms with Gasteiger partial charge in [0.05, 0.1) is 11.8 Å². The quantitative estimate of drug-likeness (QED) is 0.918. The van der Waals surface area contributed by atoms with Gasteiger partial charge in [-0.15, -0.1) is 0 Å². The molecule has 4 rings (SSSR count). The van der Waals surface area contributed by atoms with Crippen LogP contribution in [0, 0.1) is 12.3 Å². The second-order valence-electron chi connectivity index (χ2n) is 7.60. The molecule has 1 spiro atoms. The largest absolute Gasteiger partial charge is 0.393 e. The van der Waals surface area contributed by atoms with Crippen molar-refractivity contribution in [3.63, 3.8) is 0 Å². The van der Waals surface area contributed by atoms with E-state index in [-0.39, 0.29) is 17.1 Å². The number of pyridine rings is 1. The zero-order valence-electron chi connectivity index (χ0n) is 14.2. The number of piperidine rings is 1. The summed E-state index contributed by atoms with van der Waals surface area (Å²) in [4.78, 5) is 19.4. The lowest BCUT2D eigenvalue weighted by Crippen LogP contribution is -2.46.